The maximum Gasteiger partial charge on any atom is 0.303 e. The number of unbranched alkanes of at least 4 members (excludes halogenated alkanes) is 1. The maximum absolute atomic E-state index is 10.3. The fourth-order valence-electron chi connectivity index (χ4n) is 1.64. The van der Waals surface area contributed by atoms with Crippen LogP contribution < -0.4 is 0 Å². The van der Waals surface area contributed by atoms with Crippen molar-refractivity contribution in [3.05, 3.63) is 0 Å². The first-order valence-electron chi connectivity index (χ1n) is 5.30. The number of aliphatic hydroxyl groups excluding tert-OH is 1. The second-order valence-corrected chi connectivity index (χ2v) is 3.84. The smallest absolute Gasteiger partial charge is 0.303 e. The highest BCUT2D eigenvalue weighted by atomic mass is 16.4. The number of carboxylic acids is 1. The minimum Gasteiger partial charge on any atom is -0.481 e. The molecule has 1 saturated carbocycles. The van der Waals surface area contributed by atoms with Crippen LogP contribution in [0.4, 0.5) is 0 Å². The van der Waals surface area contributed by atoms with Gasteiger partial charge in [-0.15, -0.1) is 0 Å². The van der Waals surface area contributed by atoms with E-state index in [4.69, 9.17) is 10.2 Å². The number of nitrogens with zero attached hydrogens (tertiary/aromatic N) is 1. The summed E-state index contributed by atoms with van der Waals surface area (Å²) in [6.45, 7) is 1.87. The van der Waals surface area contributed by atoms with Gasteiger partial charge in [-0.05, 0) is 32.2 Å². The van der Waals surface area contributed by atoms with E-state index in [1.54, 1.807) is 0 Å². The van der Waals surface area contributed by atoms with Gasteiger partial charge >= 0.3 is 5.97 Å². The number of rotatable bonds is 8. The van der Waals surface area contributed by atoms with Crippen molar-refractivity contribution in [1.82, 2.24) is 4.90 Å². The third-order valence-corrected chi connectivity index (χ3v) is 2.54. The summed E-state index contributed by atoms with van der Waals surface area (Å²) in [7, 11) is 0. The molecule has 1 rings (SSSR count). The summed E-state index contributed by atoms with van der Waals surface area (Å²) >= 11 is 0. The molecule has 0 aromatic carbocycles. The molecule has 0 spiro atoms. The van der Waals surface area contributed by atoms with Crippen molar-refractivity contribution in [1.29, 1.82) is 0 Å². The average molecular weight is 201 g/mol. The molecule has 0 heterocycles. The summed E-state index contributed by atoms with van der Waals surface area (Å²) in [6, 6.07) is 0.659. The lowest BCUT2D eigenvalue weighted by atomic mass is 10.2. The van der Waals surface area contributed by atoms with E-state index >= 15 is 0 Å². The Balaban J connectivity index is 2.04. The van der Waals surface area contributed by atoms with Crippen molar-refractivity contribution in [2.24, 2.45) is 0 Å². The standard InChI is InChI=1S/C10H19NO3/c12-8-7-11(9-4-5-9)6-2-1-3-10(13)14/h9,12H,1-8H2,(H,13,14). The Kier molecular flexibility index (Phi) is 4.90. The number of carbonyl (C=O) groups is 1. The van der Waals surface area contributed by atoms with Gasteiger partial charge in [0, 0.05) is 19.0 Å². The second-order valence-electron chi connectivity index (χ2n) is 3.84. The van der Waals surface area contributed by atoms with E-state index in [-0.39, 0.29) is 13.0 Å². The number of aliphatic hydroxyl groups is 1. The summed E-state index contributed by atoms with van der Waals surface area (Å²) in [5.74, 6) is -0.717. The Morgan fingerprint density at radius 1 is 1.29 bits per heavy atom. The van der Waals surface area contributed by atoms with Gasteiger partial charge in [0.05, 0.1) is 6.61 Å². The Morgan fingerprint density at radius 2 is 2.00 bits per heavy atom. The molecule has 0 atom stereocenters. The lowest BCUT2D eigenvalue weighted by molar-refractivity contribution is -0.137. The SMILES string of the molecule is O=C(O)CCCCN(CCO)C1CC1. The van der Waals surface area contributed by atoms with Gasteiger partial charge in [-0.25, -0.2) is 0 Å². The van der Waals surface area contributed by atoms with Crippen LogP contribution >= 0.6 is 0 Å². The molecule has 0 bridgehead atoms. The van der Waals surface area contributed by atoms with Gasteiger partial charge in [-0.3, -0.25) is 9.69 Å². The predicted molar refractivity (Wildman–Crippen MR) is 53.2 cm³/mol. The van der Waals surface area contributed by atoms with E-state index in [2.05, 4.69) is 4.90 Å². The Morgan fingerprint density at radius 3 is 2.50 bits per heavy atom. The summed E-state index contributed by atoms with van der Waals surface area (Å²) in [6.07, 6.45) is 4.39. The van der Waals surface area contributed by atoms with Crippen LogP contribution in [0.2, 0.25) is 0 Å². The highest BCUT2D eigenvalue weighted by Gasteiger charge is 2.27. The molecule has 1 fully saturated rings. The Bertz CT molecular complexity index is 180. The van der Waals surface area contributed by atoms with Crippen LogP contribution in [-0.4, -0.2) is 46.8 Å². The molecule has 4 nitrogen and oxygen atoms in total. The van der Waals surface area contributed by atoms with Gasteiger partial charge in [0.15, 0.2) is 0 Å². The van der Waals surface area contributed by atoms with Crippen molar-refractivity contribution >= 4 is 5.97 Å². The van der Waals surface area contributed by atoms with Crippen molar-refractivity contribution < 1.29 is 15.0 Å². The molecule has 4 heteroatoms. The zero-order valence-electron chi connectivity index (χ0n) is 8.48. The third kappa shape index (κ3) is 4.58. The molecule has 82 valence electrons. The lowest BCUT2D eigenvalue weighted by Gasteiger charge is -2.20. The van der Waals surface area contributed by atoms with Crippen molar-refractivity contribution in [3.8, 4) is 0 Å². The monoisotopic (exact) mass is 201 g/mol. The third-order valence-electron chi connectivity index (χ3n) is 2.54. The van der Waals surface area contributed by atoms with Crippen LogP contribution in [0, 0.1) is 0 Å². The molecule has 1 aliphatic carbocycles. The zero-order valence-corrected chi connectivity index (χ0v) is 8.48. The minimum atomic E-state index is -0.717. The minimum absolute atomic E-state index is 0.204. The van der Waals surface area contributed by atoms with Gasteiger partial charge in [0.1, 0.15) is 0 Å². The molecular weight excluding hydrogens is 182 g/mol. The maximum atomic E-state index is 10.3. The number of carboxylic acid groups (broad SMARTS) is 1. The Hall–Kier alpha value is -0.610. The van der Waals surface area contributed by atoms with Gasteiger partial charge < -0.3 is 10.2 Å². The van der Waals surface area contributed by atoms with Crippen molar-refractivity contribution in [2.45, 2.75) is 38.1 Å². The van der Waals surface area contributed by atoms with Crippen LogP contribution in [0.1, 0.15) is 32.1 Å². The zero-order chi connectivity index (χ0) is 10.4. The van der Waals surface area contributed by atoms with E-state index < -0.39 is 5.97 Å². The molecule has 14 heavy (non-hydrogen) atoms. The van der Waals surface area contributed by atoms with Gasteiger partial charge in [0.25, 0.3) is 0 Å². The molecule has 0 unspecified atom stereocenters. The fraction of sp³-hybridized carbons (Fsp3) is 0.900. The Labute approximate surface area is 84.5 Å². The first-order chi connectivity index (χ1) is 6.74. The molecule has 1 aliphatic rings. The topological polar surface area (TPSA) is 60.8 Å². The molecule has 2 N–H and O–H groups in total. The summed E-state index contributed by atoms with van der Waals surface area (Å²) in [5.41, 5.74) is 0. The first kappa shape index (κ1) is 11.5. The van der Waals surface area contributed by atoms with E-state index in [1.807, 2.05) is 0 Å². The number of aliphatic carboxylic acids is 1. The van der Waals surface area contributed by atoms with Crippen LogP contribution in [0.5, 0.6) is 0 Å². The number of hydrogen-bond acceptors (Lipinski definition) is 3. The van der Waals surface area contributed by atoms with Crippen LogP contribution in [-0.2, 0) is 4.79 Å². The average Bonchev–Trinajstić information content (AvgIpc) is 2.93. The van der Waals surface area contributed by atoms with Crippen LogP contribution in [0.3, 0.4) is 0 Å². The fourth-order valence-corrected chi connectivity index (χ4v) is 1.64. The predicted octanol–water partition coefficient (Wildman–Crippen LogP) is 0.698. The normalized spacial score (nSPS) is 16.1. The van der Waals surface area contributed by atoms with E-state index in [0.717, 1.165) is 25.9 Å². The number of hydrogen-bond donors (Lipinski definition) is 2. The molecular formula is C10H19NO3. The highest BCUT2D eigenvalue weighted by molar-refractivity contribution is 5.66. The quantitative estimate of drug-likeness (QED) is 0.567. The molecule has 0 amide bonds. The van der Waals surface area contributed by atoms with E-state index in [0.29, 0.717) is 6.04 Å². The van der Waals surface area contributed by atoms with Crippen molar-refractivity contribution in [2.75, 3.05) is 19.7 Å². The highest BCUT2D eigenvalue weighted by Crippen LogP contribution is 2.26. The van der Waals surface area contributed by atoms with Gasteiger partial charge in [0.2, 0.25) is 0 Å². The first-order valence-corrected chi connectivity index (χ1v) is 5.30. The van der Waals surface area contributed by atoms with Crippen LogP contribution in [0.25, 0.3) is 0 Å². The second kappa shape index (κ2) is 5.98. The molecule has 0 aliphatic heterocycles. The molecule has 0 radical (unpaired) electrons. The molecule has 0 aromatic rings. The van der Waals surface area contributed by atoms with E-state index in [1.165, 1.54) is 12.8 Å². The largest absolute Gasteiger partial charge is 0.481 e. The van der Waals surface area contributed by atoms with Gasteiger partial charge in [-0.1, -0.05) is 0 Å². The van der Waals surface area contributed by atoms with Crippen LogP contribution in [0.15, 0.2) is 0 Å². The van der Waals surface area contributed by atoms with E-state index in [9.17, 15) is 4.79 Å². The van der Waals surface area contributed by atoms with Crippen molar-refractivity contribution in [3.63, 3.8) is 0 Å². The summed E-state index contributed by atoms with van der Waals surface area (Å²) < 4.78 is 0. The summed E-state index contributed by atoms with van der Waals surface area (Å²) in [4.78, 5) is 12.5. The molecule has 0 saturated heterocycles. The lowest BCUT2D eigenvalue weighted by Crippen LogP contribution is -2.30. The molecule has 0 aromatic heterocycles. The summed E-state index contributed by atoms with van der Waals surface area (Å²) in [5, 5.41) is 17.3. The van der Waals surface area contributed by atoms with Gasteiger partial charge in [-0.2, -0.15) is 0 Å².